The molecule has 2 aromatic rings. The first kappa shape index (κ1) is 10.5. The molecule has 0 atom stereocenters. The Morgan fingerprint density at radius 3 is 2.88 bits per heavy atom. The summed E-state index contributed by atoms with van der Waals surface area (Å²) < 4.78 is 13.0. The smallest absolute Gasteiger partial charge is 0.257 e. The standard InChI is InChI=1S/C9H7FN4OS/c10-6-1-5(2-7(11)3-6)8(15)13-9-14-12-4-16-9/h1-4H,11H2,(H,13,14,15). The molecule has 1 amide bonds. The maximum atomic E-state index is 13.0. The van der Waals surface area contributed by atoms with Gasteiger partial charge in [-0.15, -0.1) is 10.2 Å². The second-order valence-electron chi connectivity index (χ2n) is 2.97. The third-order valence-corrected chi connectivity index (χ3v) is 2.37. The zero-order valence-corrected chi connectivity index (χ0v) is 8.79. The maximum Gasteiger partial charge on any atom is 0.257 e. The minimum atomic E-state index is -0.553. The summed E-state index contributed by atoms with van der Waals surface area (Å²) in [6.07, 6.45) is 0. The zero-order valence-electron chi connectivity index (χ0n) is 7.98. The van der Waals surface area contributed by atoms with Crippen molar-refractivity contribution < 1.29 is 9.18 Å². The minimum absolute atomic E-state index is 0.146. The summed E-state index contributed by atoms with van der Waals surface area (Å²) in [6.45, 7) is 0. The molecule has 3 N–H and O–H groups in total. The van der Waals surface area contributed by atoms with E-state index in [9.17, 15) is 9.18 Å². The average molecular weight is 238 g/mol. The highest BCUT2D eigenvalue weighted by Crippen LogP contribution is 2.14. The molecular weight excluding hydrogens is 231 g/mol. The molecule has 0 bridgehead atoms. The molecule has 5 nitrogen and oxygen atoms in total. The van der Waals surface area contributed by atoms with Crippen molar-refractivity contribution in [2.75, 3.05) is 11.1 Å². The van der Waals surface area contributed by atoms with E-state index in [4.69, 9.17) is 5.73 Å². The lowest BCUT2D eigenvalue weighted by Gasteiger charge is -2.02. The lowest BCUT2D eigenvalue weighted by atomic mass is 10.2. The molecule has 1 aromatic carbocycles. The number of anilines is 2. The lowest BCUT2D eigenvalue weighted by Crippen LogP contribution is -2.12. The SMILES string of the molecule is Nc1cc(F)cc(C(=O)Nc2nncs2)c1. The monoisotopic (exact) mass is 238 g/mol. The molecular formula is C9H7FN4OS. The molecule has 0 spiro atoms. The van der Waals surface area contributed by atoms with Crippen LogP contribution in [0.5, 0.6) is 0 Å². The number of carbonyl (C=O) groups excluding carboxylic acids is 1. The van der Waals surface area contributed by atoms with Gasteiger partial charge in [-0.1, -0.05) is 11.3 Å². The van der Waals surface area contributed by atoms with E-state index in [0.29, 0.717) is 5.13 Å². The summed E-state index contributed by atoms with van der Waals surface area (Å²) in [7, 11) is 0. The first-order valence-electron chi connectivity index (χ1n) is 4.29. The van der Waals surface area contributed by atoms with Gasteiger partial charge in [0.05, 0.1) is 0 Å². The Labute approximate surface area is 94.1 Å². The Balaban J connectivity index is 2.21. The molecule has 0 aliphatic carbocycles. The summed E-state index contributed by atoms with van der Waals surface area (Å²) in [5, 5.41) is 10.0. The molecule has 0 saturated heterocycles. The number of aromatic nitrogens is 2. The highest BCUT2D eigenvalue weighted by atomic mass is 32.1. The van der Waals surface area contributed by atoms with Crippen molar-refractivity contribution in [2.24, 2.45) is 0 Å². The fourth-order valence-corrected chi connectivity index (χ4v) is 1.58. The molecule has 0 aliphatic rings. The number of amides is 1. The van der Waals surface area contributed by atoms with Gasteiger partial charge in [0.1, 0.15) is 11.3 Å². The van der Waals surface area contributed by atoms with E-state index in [0.717, 1.165) is 12.1 Å². The van der Waals surface area contributed by atoms with Crippen LogP contribution >= 0.6 is 11.3 Å². The molecule has 0 saturated carbocycles. The van der Waals surface area contributed by atoms with E-state index in [1.165, 1.54) is 22.9 Å². The maximum absolute atomic E-state index is 13.0. The summed E-state index contributed by atoms with van der Waals surface area (Å²) in [6, 6.07) is 3.63. The molecule has 1 heterocycles. The Morgan fingerprint density at radius 1 is 1.44 bits per heavy atom. The van der Waals surface area contributed by atoms with Gasteiger partial charge in [0.2, 0.25) is 5.13 Å². The van der Waals surface area contributed by atoms with Gasteiger partial charge in [0.15, 0.2) is 0 Å². The van der Waals surface area contributed by atoms with Gasteiger partial charge in [-0.25, -0.2) is 4.39 Å². The van der Waals surface area contributed by atoms with Gasteiger partial charge in [0.25, 0.3) is 5.91 Å². The molecule has 2 rings (SSSR count). The van der Waals surface area contributed by atoms with Crippen LogP contribution < -0.4 is 11.1 Å². The van der Waals surface area contributed by atoms with Gasteiger partial charge >= 0.3 is 0 Å². The second kappa shape index (κ2) is 4.23. The Bertz CT molecular complexity index is 494. The van der Waals surface area contributed by atoms with Crippen LogP contribution in [0.1, 0.15) is 10.4 Å². The molecule has 0 radical (unpaired) electrons. The number of nitrogens with two attached hydrogens (primary N) is 1. The fraction of sp³-hybridized carbons (Fsp3) is 0. The Hall–Kier alpha value is -2.02. The molecule has 0 aliphatic heterocycles. The highest BCUT2D eigenvalue weighted by molar-refractivity contribution is 7.13. The fourth-order valence-electron chi connectivity index (χ4n) is 1.14. The van der Waals surface area contributed by atoms with Crippen LogP contribution in [0, 0.1) is 5.82 Å². The van der Waals surface area contributed by atoms with Crippen LogP contribution in [0.4, 0.5) is 15.2 Å². The van der Waals surface area contributed by atoms with Crippen molar-refractivity contribution in [1.29, 1.82) is 0 Å². The number of hydrogen-bond donors (Lipinski definition) is 2. The summed E-state index contributed by atoms with van der Waals surface area (Å²) in [4.78, 5) is 11.6. The van der Waals surface area contributed by atoms with Gasteiger partial charge in [-0.05, 0) is 18.2 Å². The highest BCUT2D eigenvalue weighted by Gasteiger charge is 2.09. The van der Waals surface area contributed by atoms with Gasteiger partial charge in [-0.3, -0.25) is 10.1 Å². The third kappa shape index (κ3) is 2.31. The number of nitrogens with one attached hydrogen (secondary N) is 1. The van der Waals surface area contributed by atoms with Crippen molar-refractivity contribution in [3.05, 3.63) is 35.1 Å². The van der Waals surface area contributed by atoms with Crippen molar-refractivity contribution in [3.8, 4) is 0 Å². The van der Waals surface area contributed by atoms with Crippen molar-refractivity contribution in [2.45, 2.75) is 0 Å². The van der Waals surface area contributed by atoms with Gasteiger partial charge in [-0.2, -0.15) is 0 Å². The largest absolute Gasteiger partial charge is 0.399 e. The molecule has 82 valence electrons. The zero-order chi connectivity index (χ0) is 11.5. The number of benzene rings is 1. The minimum Gasteiger partial charge on any atom is -0.399 e. The predicted molar refractivity (Wildman–Crippen MR) is 58.7 cm³/mol. The number of halogens is 1. The van der Waals surface area contributed by atoms with E-state index in [2.05, 4.69) is 15.5 Å². The molecule has 1 aromatic heterocycles. The van der Waals surface area contributed by atoms with E-state index in [-0.39, 0.29) is 11.3 Å². The third-order valence-electron chi connectivity index (χ3n) is 1.76. The Morgan fingerprint density at radius 2 is 2.25 bits per heavy atom. The van der Waals surface area contributed by atoms with E-state index >= 15 is 0 Å². The lowest BCUT2D eigenvalue weighted by molar-refractivity contribution is 0.102. The van der Waals surface area contributed by atoms with Crippen LogP contribution in [0.15, 0.2) is 23.7 Å². The van der Waals surface area contributed by atoms with E-state index in [1.54, 1.807) is 0 Å². The van der Waals surface area contributed by atoms with Crippen molar-refractivity contribution in [1.82, 2.24) is 10.2 Å². The van der Waals surface area contributed by atoms with Crippen LogP contribution in [0.2, 0.25) is 0 Å². The summed E-state index contributed by atoms with van der Waals surface area (Å²) in [5.41, 5.74) is 7.25. The van der Waals surface area contributed by atoms with Crippen LogP contribution in [-0.4, -0.2) is 16.1 Å². The van der Waals surface area contributed by atoms with E-state index in [1.807, 2.05) is 0 Å². The first-order chi connectivity index (χ1) is 7.65. The number of carbonyl (C=O) groups is 1. The molecule has 7 heteroatoms. The predicted octanol–water partition coefficient (Wildman–Crippen LogP) is 1.51. The second-order valence-corrected chi connectivity index (χ2v) is 3.80. The quantitative estimate of drug-likeness (QED) is 0.777. The summed E-state index contributed by atoms with van der Waals surface area (Å²) in [5.74, 6) is -1.02. The average Bonchev–Trinajstić information content (AvgIpc) is 2.68. The van der Waals surface area contributed by atoms with Crippen LogP contribution in [0.25, 0.3) is 0 Å². The molecule has 16 heavy (non-hydrogen) atoms. The molecule has 0 unspecified atom stereocenters. The summed E-state index contributed by atoms with van der Waals surface area (Å²) >= 11 is 1.18. The van der Waals surface area contributed by atoms with Crippen LogP contribution in [-0.2, 0) is 0 Å². The van der Waals surface area contributed by atoms with Crippen molar-refractivity contribution >= 4 is 28.1 Å². The number of nitrogen functional groups attached to an aromatic ring is 1. The number of rotatable bonds is 2. The number of hydrogen-bond acceptors (Lipinski definition) is 5. The Kier molecular flexibility index (Phi) is 2.78. The van der Waals surface area contributed by atoms with E-state index < -0.39 is 11.7 Å². The van der Waals surface area contributed by atoms with Gasteiger partial charge in [0, 0.05) is 11.3 Å². The normalized spacial score (nSPS) is 10.1. The van der Waals surface area contributed by atoms with Crippen LogP contribution in [0.3, 0.4) is 0 Å². The topological polar surface area (TPSA) is 80.9 Å². The first-order valence-corrected chi connectivity index (χ1v) is 5.17. The van der Waals surface area contributed by atoms with Crippen molar-refractivity contribution in [3.63, 3.8) is 0 Å². The molecule has 0 fully saturated rings. The number of nitrogens with zero attached hydrogens (tertiary/aromatic N) is 2. The van der Waals surface area contributed by atoms with Gasteiger partial charge < -0.3 is 5.73 Å².